The van der Waals surface area contributed by atoms with Gasteiger partial charge in [0.15, 0.2) is 0 Å². The average Bonchev–Trinajstić information content (AvgIpc) is 3.15. The number of pyridine rings is 1. The summed E-state index contributed by atoms with van der Waals surface area (Å²) in [5.41, 5.74) is 4.12. The summed E-state index contributed by atoms with van der Waals surface area (Å²) in [6.45, 7) is 7.18. The van der Waals surface area contributed by atoms with Crippen LogP contribution in [0, 0.1) is 13.8 Å². The predicted molar refractivity (Wildman–Crippen MR) is 148 cm³/mol. The maximum absolute atomic E-state index is 13.5. The minimum absolute atomic E-state index is 0.00897. The highest BCUT2D eigenvalue weighted by atomic mass is 19.4. The molecule has 2 aliphatic heterocycles. The van der Waals surface area contributed by atoms with Crippen LogP contribution in [0.15, 0.2) is 48.5 Å². The van der Waals surface area contributed by atoms with E-state index in [4.69, 9.17) is 14.8 Å². The van der Waals surface area contributed by atoms with Gasteiger partial charge in [-0.2, -0.15) is 13.2 Å². The van der Waals surface area contributed by atoms with Crippen molar-refractivity contribution in [2.75, 3.05) is 18.0 Å². The third-order valence-corrected chi connectivity index (χ3v) is 7.83. The lowest BCUT2D eigenvalue weighted by Crippen LogP contribution is -2.38. The molecule has 3 aromatic rings. The van der Waals surface area contributed by atoms with Crippen molar-refractivity contribution in [1.82, 2.24) is 9.88 Å². The Morgan fingerprint density at radius 2 is 1.83 bits per heavy atom. The normalized spacial score (nSPS) is 18.8. The second-order valence-electron chi connectivity index (χ2n) is 10.9. The van der Waals surface area contributed by atoms with Crippen molar-refractivity contribution in [3.05, 3.63) is 82.0 Å². The molecule has 2 saturated heterocycles. The molecule has 10 heteroatoms. The molecule has 7 nitrogen and oxygen atoms in total. The maximum atomic E-state index is 13.5. The molecule has 0 saturated carbocycles. The lowest BCUT2D eigenvalue weighted by Gasteiger charge is -2.33. The Morgan fingerprint density at radius 1 is 1.07 bits per heavy atom. The van der Waals surface area contributed by atoms with Crippen molar-refractivity contribution < 1.29 is 32.6 Å². The molecule has 1 N–H and O–H groups in total. The Kier molecular flexibility index (Phi) is 7.68. The third-order valence-electron chi connectivity index (χ3n) is 7.83. The van der Waals surface area contributed by atoms with Crippen LogP contribution in [0.1, 0.15) is 59.4 Å². The van der Waals surface area contributed by atoms with Gasteiger partial charge in [0.1, 0.15) is 11.9 Å². The quantitative estimate of drug-likeness (QED) is 0.327. The number of carbonyl (C=O) groups excluding carboxylic acids is 1. The van der Waals surface area contributed by atoms with Crippen LogP contribution in [0.3, 0.4) is 0 Å². The van der Waals surface area contributed by atoms with Gasteiger partial charge in [-0.3, -0.25) is 9.69 Å². The van der Waals surface area contributed by atoms with Crippen LogP contribution in [0.2, 0.25) is 0 Å². The smallest absolute Gasteiger partial charge is 0.416 e. The minimum Gasteiger partial charge on any atom is -0.481 e. The second-order valence-corrected chi connectivity index (χ2v) is 10.9. The molecule has 2 aliphatic rings. The number of amides is 1. The molecule has 5 rings (SSSR count). The Hall–Kier alpha value is -4.08. The summed E-state index contributed by atoms with van der Waals surface area (Å²) in [4.78, 5) is 32.9. The predicted octanol–water partition coefficient (Wildman–Crippen LogP) is 6.69. The van der Waals surface area contributed by atoms with Gasteiger partial charge in [0, 0.05) is 25.1 Å². The summed E-state index contributed by atoms with van der Waals surface area (Å²) in [6, 6.07) is 12.9. The first-order valence-corrected chi connectivity index (χ1v) is 13.6. The zero-order valence-corrected chi connectivity index (χ0v) is 23.2. The van der Waals surface area contributed by atoms with E-state index < -0.39 is 35.9 Å². The number of rotatable bonds is 8. The molecule has 1 amide bonds. The number of aromatic nitrogens is 1. The number of carboxylic acid groups (broad SMARTS) is 1. The fourth-order valence-electron chi connectivity index (χ4n) is 5.40. The summed E-state index contributed by atoms with van der Waals surface area (Å²) in [5, 5.41) is 9.13. The Bertz CT molecular complexity index is 1490. The number of hydrogen-bond donors (Lipinski definition) is 1. The van der Waals surface area contributed by atoms with Gasteiger partial charge >= 0.3 is 18.2 Å². The number of halogens is 3. The van der Waals surface area contributed by atoms with Crippen LogP contribution < -0.4 is 4.90 Å². The summed E-state index contributed by atoms with van der Waals surface area (Å²) in [5.74, 6) is -0.0830. The number of ether oxygens (including phenoxy) is 1. The van der Waals surface area contributed by atoms with Crippen molar-refractivity contribution in [3.8, 4) is 11.1 Å². The number of aryl methyl sites for hydroxylation is 3. The van der Waals surface area contributed by atoms with Crippen LogP contribution in [0.25, 0.3) is 11.1 Å². The molecule has 2 aromatic carbocycles. The van der Waals surface area contributed by atoms with E-state index >= 15 is 0 Å². The van der Waals surface area contributed by atoms with Gasteiger partial charge in [0.2, 0.25) is 0 Å². The molecule has 216 valence electrons. The SMILES string of the molecule is Cc1cc([C@H]2OC(=O)N(Cc3nc(N4CCC4)ccc3-c3cc(CCC(=O)O)ccc3C)[C@H]2C)cc(C(F)(F)F)c1. The number of hydrogen-bond acceptors (Lipinski definition) is 5. The van der Waals surface area contributed by atoms with E-state index in [0.717, 1.165) is 59.7 Å². The first-order chi connectivity index (χ1) is 19.4. The van der Waals surface area contributed by atoms with E-state index in [1.165, 1.54) is 4.90 Å². The van der Waals surface area contributed by atoms with Gasteiger partial charge in [-0.25, -0.2) is 9.78 Å². The lowest BCUT2D eigenvalue weighted by atomic mass is 9.94. The van der Waals surface area contributed by atoms with Crippen LogP contribution in [0.5, 0.6) is 0 Å². The molecule has 0 spiro atoms. The first kappa shape index (κ1) is 28.4. The van der Waals surface area contributed by atoms with E-state index in [1.807, 2.05) is 37.3 Å². The fourth-order valence-corrected chi connectivity index (χ4v) is 5.40. The molecule has 1 aromatic heterocycles. The highest BCUT2D eigenvalue weighted by Gasteiger charge is 2.41. The zero-order chi connectivity index (χ0) is 29.5. The summed E-state index contributed by atoms with van der Waals surface area (Å²) in [7, 11) is 0. The van der Waals surface area contributed by atoms with Crippen molar-refractivity contribution in [3.63, 3.8) is 0 Å². The molecule has 2 atom stereocenters. The molecule has 0 aliphatic carbocycles. The molecule has 0 radical (unpaired) electrons. The standard InChI is InChI=1S/C31H32F3N3O4/c1-18-13-22(16-23(14-18)31(32,33)34)29-20(3)37(30(40)41-29)17-26-24(8-9-27(35-26)36-11-4-12-36)25-15-21(6-5-19(25)2)7-10-28(38)39/h5-6,8-9,13-16,20,29H,4,7,10-12,17H2,1-3H3,(H,38,39)/t20-,29-/m0/s1. The monoisotopic (exact) mass is 567 g/mol. The highest BCUT2D eigenvalue weighted by Crippen LogP contribution is 2.39. The number of carboxylic acids is 1. The number of benzene rings is 2. The Balaban J connectivity index is 1.49. The summed E-state index contributed by atoms with van der Waals surface area (Å²) < 4.78 is 46.2. The van der Waals surface area contributed by atoms with Gasteiger partial charge in [-0.15, -0.1) is 0 Å². The number of nitrogens with zero attached hydrogens (tertiary/aromatic N) is 3. The van der Waals surface area contributed by atoms with E-state index in [0.29, 0.717) is 23.2 Å². The zero-order valence-electron chi connectivity index (χ0n) is 23.2. The van der Waals surface area contributed by atoms with E-state index in [2.05, 4.69) is 4.90 Å². The Morgan fingerprint density at radius 3 is 2.49 bits per heavy atom. The van der Waals surface area contributed by atoms with Gasteiger partial charge < -0.3 is 14.7 Å². The molecule has 41 heavy (non-hydrogen) atoms. The van der Waals surface area contributed by atoms with E-state index in [1.54, 1.807) is 19.9 Å². The molecule has 2 fully saturated rings. The van der Waals surface area contributed by atoms with Crippen molar-refractivity contribution >= 4 is 17.9 Å². The number of carbonyl (C=O) groups is 2. The molecular formula is C31H32F3N3O4. The van der Waals surface area contributed by atoms with Gasteiger partial charge in [0.05, 0.1) is 23.8 Å². The average molecular weight is 568 g/mol. The lowest BCUT2D eigenvalue weighted by molar-refractivity contribution is -0.138. The number of cyclic esters (lactones) is 1. The fraction of sp³-hybridized carbons (Fsp3) is 0.387. The van der Waals surface area contributed by atoms with E-state index in [-0.39, 0.29) is 13.0 Å². The second kappa shape index (κ2) is 11.1. The number of alkyl halides is 3. The van der Waals surface area contributed by atoms with Crippen molar-refractivity contribution in [1.29, 1.82) is 0 Å². The highest BCUT2D eigenvalue weighted by molar-refractivity contribution is 5.74. The van der Waals surface area contributed by atoms with Crippen LogP contribution >= 0.6 is 0 Å². The molecule has 0 bridgehead atoms. The third kappa shape index (κ3) is 6.01. The molecular weight excluding hydrogens is 535 g/mol. The topological polar surface area (TPSA) is 83.0 Å². The van der Waals surface area contributed by atoms with Crippen molar-refractivity contribution in [2.24, 2.45) is 0 Å². The summed E-state index contributed by atoms with van der Waals surface area (Å²) >= 11 is 0. The van der Waals surface area contributed by atoms with Crippen LogP contribution in [0.4, 0.5) is 23.8 Å². The Labute approximate surface area is 236 Å². The largest absolute Gasteiger partial charge is 0.481 e. The number of aliphatic carboxylic acids is 1. The molecule has 3 heterocycles. The number of anilines is 1. The van der Waals surface area contributed by atoms with Crippen LogP contribution in [-0.4, -0.2) is 46.2 Å². The molecule has 0 unspecified atom stereocenters. The van der Waals surface area contributed by atoms with Gasteiger partial charge in [-0.1, -0.05) is 29.8 Å². The van der Waals surface area contributed by atoms with Crippen molar-refractivity contribution in [2.45, 2.75) is 64.9 Å². The van der Waals surface area contributed by atoms with Gasteiger partial charge in [0.25, 0.3) is 0 Å². The summed E-state index contributed by atoms with van der Waals surface area (Å²) in [6.07, 6.45) is -4.55. The van der Waals surface area contributed by atoms with E-state index in [9.17, 15) is 22.8 Å². The van der Waals surface area contributed by atoms with Crippen LogP contribution in [-0.2, 0) is 28.7 Å². The minimum atomic E-state index is -4.51. The maximum Gasteiger partial charge on any atom is 0.416 e. The first-order valence-electron chi connectivity index (χ1n) is 13.6. The van der Waals surface area contributed by atoms with Gasteiger partial charge in [-0.05, 0) is 80.1 Å².